The molecule has 0 radical (unpaired) electrons. The summed E-state index contributed by atoms with van der Waals surface area (Å²) in [6.07, 6.45) is 0. The molecule has 19 heavy (non-hydrogen) atoms. The van der Waals surface area contributed by atoms with Crippen LogP contribution in [0.15, 0.2) is 0 Å². The second-order valence-corrected chi connectivity index (χ2v) is 4.85. The molecule has 0 rings (SSSR count). The van der Waals surface area contributed by atoms with E-state index in [1.807, 2.05) is 0 Å². The maximum atomic E-state index is 5.33. The van der Waals surface area contributed by atoms with E-state index < -0.39 is 0 Å². The van der Waals surface area contributed by atoms with Crippen LogP contribution in [0.3, 0.4) is 0 Å². The largest absolute Gasteiger partial charge is 0.303 e. The lowest BCUT2D eigenvalue weighted by Gasteiger charge is -2.28. The first-order valence-electron chi connectivity index (χ1n) is 7.82. The molecule has 0 heterocycles. The van der Waals surface area contributed by atoms with Crippen molar-refractivity contribution in [3.05, 3.63) is 0 Å². The molecule has 5 heteroatoms. The third-order valence-electron chi connectivity index (χ3n) is 3.83. The van der Waals surface area contributed by atoms with Crippen molar-refractivity contribution in [1.82, 2.24) is 20.1 Å². The molecule has 0 aromatic heterocycles. The maximum absolute atomic E-state index is 5.33. The molecule has 0 fully saturated rings. The highest BCUT2D eigenvalue weighted by molar-refractivity contribution is 4.64. The minimum absolute atomic E-state index is 0.861. The summed E-state index contributed by atoms with van der Waals surface area (Å²) in [5, 5.41) is 0. The smallest absolute Gasteiger partial charge is 0.0225 e. The number of hydrazine groups is 1. The van der Waals surface area contributed by atoms with Crippen LogP contribution in [0.1, 0.15) is 27.7 Å². The van der Waals surface area contributed by atoms with Gasteiger partial charge >= 0.3 is 0 Å². The van der Waals surface area contributed by atoms with Gasteiger partial charge in [0.2, 0.25) is 0 Å². The minimum atomic E-state index is 0.861. The molecular weight excluding hydrogens is 238 g/mol. The number of nitrogens with two attached hydrogens (primary N) is 1. The lowest BCUT2D eigenvalue weighted by Crippen LogP contribution is -2.41. The summed E-state index contributed by atoms with van der Waals surface area (Å²) in [5.74, 6) is 5.33. The summed E-state index contributed by atoms with van der Waals surface area (Å²) in [6, 6.07) is 0. The number of hydrogen-bond donors (Lipinski definition) is 2. The summed E-state index contributed by atoms with van der Waals surface area (Å²) in [4.78, 5) is 7.47. The fourth-order valence-electron chi connectivity index (χ4n) is 2.18. The van der Waals surface area contributed by atoms with Crippen molar-refractivity contribution >= 4 is 0 Å². The van der Waals surface area contributed by atoms with Crippen LogP contribution in [0.2, 0.25) is 0 Å². The Morgan fingerprint density at radius 2 is 1.00 bits per heavy atom. The molecule has 3 N–H and O–H groups in total. The normalized spacial score (nSPS) is 12.0. The molecule has 0 aliphatic rings. The molecule has 0 aliphatic heterocycles. The van der Waals surface area contributed by atoms with Gasteiger partial charge in [0, 0.05) is 39.3 Å². The van der Waals surface area contributed by atoms with E-state index in [0.29, 0.717) is 0 Å². The average molecular weight is 273 g/mol. The molecule has 116 valence electrons. The van der Waals surface area contributed by atoms with Crippen LogP contribution in [0.4, 0.5) is 0 Å². The SMILES string of the molecule is CCN(CC)CCN(CC)CCN(CC)CCNN. The fourth-order valence-corrected chi connectivity index (χ4v) is 2.18. The molecule has 0 aliphatic carbocycles. The molecule has 0 atom stereocenters. The van der Waals surface area contributed by atoms with E-state index in [0.717, 1.165) is 52.4 Å². The quantitative estimate of drug-likeness (QED) is 0.377. The van der Waals surface area contributed by atoms with Gasteiger partial charge in [-0.3, -0.25) is 11.3 Å². The summed E-state index contributed by atoms with van der Waals surface area (Å²) in [5.41, 5.74) is 2.73. The van der Waals surface area contributed by atoms with Gasteiger partial charge in [0.05, 0.1) is 0 Å². The zero-order chi connectivity index (χ0) is 14.5. The molecule has 0 unspecified atom stereocenters. The number of likely N-dealkylation sites (N-methyl/N-ethyl adjacent to an activating group) is 3. The number of nitrogens with zero attached hydrogens (tertiary/aromatic N) is 3. The van der Waals surface area contributed by atoms with Crippen molar-refractivity contribution in [2.24, 2.45) is 5.84 Å². The first kappa shape index (κ1) is 18.8. The van der Waals surface area contributed by atoms with Crippen molar-refractivity contribution in [2.75, 3.05) is 65.4 Å². The highest BCUT2D eigenvalue weighted by atomic mass is 15.3. The zero-order valence-corrected chi connectivity index (χ0v) is 13.5. The van der Waals surface area contributed by atoms with Crippen LogP contribution < -0.4 is 11.3 Å². The molecule has 0 aromatic carbocycles. The second kappa shape index (κ2) is 12.8. The van der Waals surface area contributed by atoms with Crippen molar-refractivity contribution in [1.29, 1.82) is 0 Å². The minimum Gasteiger partial charge on any atom is -0.303 e. The Morgan fingerprint density at radius 3 is 1.37 bits per heavy atom. The van der Waals surface area contributed by atoms with Crippen molar-refractivity contribution in [3.8, 4) is 0 Å². The fraction of sp³-hybridized carbons (Fsp3) is 1.00. The molecule has 0 bridgehead atoms. The van der Waals surface area contributed by atoms with Gasteiger partial charge in [-0.25, -0.2) is 0 Å². The van der Waals surface area contributed by atoms with Crippen LogP contribution in [0, 0.1) is 0 Å². The summed E-state index contributed by atoms with van der Waals surface area (Å²) >= 11 is 0. The Morgan fingerprint density at radius 1 is 0.632 bits per heavy atom. The molecule has 0 amide bonds. The predicted molar refractivity (Wildman–Crippen MR) is 84.2 cm³/mol. The lowest BCUT2D eigenvalue weighted by atomic mass is 10.3. The van der Waals surface area contributed by atoms with Gasteiger partial charge in [0.25, 0.3) is 0 Å². The molecule has 0 spiro atoms. The van der Waals surface area contributed by atoms with Crippen LogP contribution in [-0.2, 0) is 0 Å². The van der Waals surface area contributed by atoms with E-state index in [2.05, 4.69) is 47.8 Å². The van der Waals surface area contributed by atoms with Crippen LogP contribution in [0.5, 0.6) is 0 Å². The van der Waals surface area contributed by atoms with Crippen LogP contribution in [0.25, 0.3) is 0 Å². The molecular formula is C14H35N5. The van der Waals surface area contributed by atoms with Gasteiger partial charge in [-0.15, -0.1) is 0 Å². The Kier molecular flexibility index (Phi) is 12.7. The summed E-state index contributed by atoms with van der Waals surface area (Å²) in [6.45, 7) is 20.0. The van der Waals surface area contributed by atoms with Gasteiger partial charge in [0.15, 0.2) is 0 Å². The average Bonchev–Trinajstić information content (AvgIpc) is 2.45. The lowest BCUT2D eigenvalue weighted by molar-refractivity contribution is 0.189. The van der Waals surface area contributed by atoms with E-state index >= 15 is 0 Å². The zero-order valence-electron chi connectivity index (χ0n) is 13.5. The predicted octanol–water partition coefficient (Wildman–Crippen LogP) is 0.435. The molecule has 0 saturated carbocycles. The van der Waals surface area contributed by atoms with Crippen molar-refractivity contribution in [3.63, 3.8) is 0 Å². The van der Waals surface area contributed by atoms with E-state index in [-0.39, 0.29) is 0 Å². The number of nitrogens with one attached hydrogen (secondary N) is 1. The summed E-state index contributed by atoms with van der Waals surface area (Å²) in [7, 11) is 0. The van der Waals surface area contributed by atoms with Crippen LogP contribution in [-0.4, -0.2) is 80.1 Å². The number of hydrogen-bond acceptors (Lipinski definition) is 5. The van der Waals surface area contributed by atoms with E-state index in [4.69, 9.17) is 5.84 Å². The maximum Gasteiger partial charge on any atom is 0.0225 e. The topological polar surface area (TPSA) is 47.8 Å². The first-order chi connectivity index (χ1) is 9.21. The van der Waals surface area contributed by atoms with Gasteiger partial charge in [-0.1, -0.05) is 27.7 Å². The van der Waals surface area contributed by atoms with E-state index in [1.165, 1.54) is 13.1 Å². The highest BCUT2D eigenvalue weighted by Crippen LogP contribution is 1.94. The summed E-state index contributed by atoms with van der Waals surface area (Å²) < 4.78 is 0. The van der Waals surface area contributed by atoms with Crippen LogP contribution >= 0.6 is 0 Å². The number of rotatable bonds is 13. The van der Waals surface area contributed by atoms with Gasteiger partial charge < -0.3 is 14.7 Å². The third-order valence-corrected chi connectivity index (χ3v) is 3.83. The van der Waals surface area contributed by atoms with E-state index in [9.17, 15) is 0 Å². The van der Waals surface area contributed by atoms with Crippen molar-refractivity contribution in [2.45, 2.75) is 27.7 Å². The Hall–Kier alpha value is -0.200. The Labute approximate surface area is 120 Å². The standard InChI is InChI=1S/C14H35N5/c1-5-17(6-2)11-12-19(8-4)14-13-18(7-3)10-9-16-15/h16H,5-15H2,1-4H3. The Bertz CT molecular complexity index is 185. The second-order valence-electron chi connectivity index (χ2n) is 4.85. The first-order valence-corrected chi connectivity index (χ1v) is 7.82. The molecule has 5 nitrogen and oxygen atoms in total. The van der Waals surface area contributed by atoms with E-state index in [1.54, 1.807) is 0 Å². The van der Waals surface area contributed by atoms with Gasteiger partial charge in [-0.05, 0) is 26.2 Å². The monoisotopic (exact) mass is 273 g/mol. The molecule has 0 aromatic rings. The van der Waals surface area contributed by atoms with Gasteiger partial charge in [-0.2, -0.15) is 0 Å². The van der Waals surface area contributed by atoms with Gasteiger partial charge in [0.1, 0.15) is 0 Å². The van der Waals surface area contributed by atoms with Crippen molar-refractivity contribution < 1.29 is 0 Å². The Balaban J connectivity index is 3.90. The molecule has 0 saturated heterocycles. The third kappa shape index (κ3) is 9.35. The highest BCUT2D eigenvalue weighted by Gasteiger charge is 2.08.